The second-order valence-electron chi connectivity index (χ2n) is 5.53. The van der Waals surface area contributed by atoms with Crippen LogP contribution >= 0.6 is 0 Å². The number of nitrogens with one attached hydrogen (secondary N) is 1. The van der Waals surface area contributed by atoms with Crippen molar-refractivity contribution < 1.29 is 4.79 Å². The van der Waals surface area contributed by atoms with E-state index in [0.717, 1.165) is 11.3 Å². The molecule has 1 aromatic rings. The van der Waals surface area contributed by atoms with Gasteiger partial charge in [0, 0.05) is 12.1 Å². The van der Waals surface area contributed by atoms with Crippen molar-refractivity contribution in [2.45, 2.75) is 41.0 Å². The van der Waals surface area contributed by atoms with E-state index in [1.54, 1.807) is 0 Å². The zero-order chi connectivity index (χ0) is 12.3. The van der Waals surface area contributed by atoms with Crippen LogP contribution in [0, 0.1) is 19.3 Å². The van der Waals surface area contributed by atoms with Gasteiger partial charge in [0.05, 0.1) is 0 Å². The van der Waals surface area contributed by atoms with Crippen molar-refractivity contribution >= 4 is 11.6 Å². The molecule has 0 fully saturated rings. The van der Waals surface area contributed by atoms with Crippen LogP contribution in [-0.2, 0) is 4.79 Å². The Balaban J connectivity index is 2.74. The van der Waals surface area contributed by atoms with E-state index in [1.165, 1.54) is 5.56 Å². The third-order valence-corrected chi connectivity index (χ3v) is 2.57. The molecule has 0 unspecified atom stereocenters. The van der Waals surface area contributed by atoms with Gasteiger partial charge >= 0.3 is 0 Å². The molecule has 1 aromatic carbocycles. The normalized spacial score (nSPS) is 11.3. The first-order valence-corrected chi connectivity index (χ1v) is 5.66. The van der Waals surface area contributed by atoms with Gasteiger partial charge in [0.1, 0.15) is 0 Å². The molecule has 1 N–H and O–H groups in total. The van der Waals surface area contributed by atoms with Crippen molar-refractivity contribution in [1.29, 1.82) is 0 Å². The Hall–Kier alpha value is -1.31. The summed E-state index contributed by atoms with van der Waals surface area (Å²) in [7, 11) is 0. The summed E-state index contributed by atoms with van der Waals surface area (Å²) in [6.07, 6.45) is 0.542. The fourth-order valence-corrected chi connectivity index (χ4v) is 1.56. The molecule has 0 bridgehead atoms. The maximum Gasteiger partial charge on any atom is 0.224 e. The van der Waals surface area contributed by atoms with Gasteiger partial charge in [-0.25, -0.2) is 0 Å². The van der Waals surface area contributed by atoms with Crippen molar-refractivity contribution in [2.24, 2.45) is 5.41 Å². The summed E-state index contributed by atoms with van der Waals surface area (Å²) in [5.41, 5.74) is 3.30. The molecular weight excluding hydrogens is 198 g/mol. The second-order valence-corrected chi connectivity index (χ2v) is 5.53. The van der Waals surface area contributed by atoms with E-state index in [9.17, 15) is 4.79 Å². The van der Waals surface area contributed by atoms with Gasteiger partial charge in [0.15, 0.2) is 0 Å². The number of aryl methyl sites for hydroxylation is 1. The number of hydrogen-bond acceptors (Lipinski definition) is 1. The molecule has 2 heteroatoms. The molecular formula is C14H21NO. The number of carbonyl (C=O) groups excluding carboxylic acids is 1. The van der Waals surface area contributed by atoms with E-state index >= 15 is 0 Å². The van der Waals surface area contributed by atoms with Gasteiger partial charge in [-0.15, -0.1) is 0 Å². The van der Waals surface area contributed by atoms with Crippen LogP contribution in [0.3, 0.4) is 0 Å². The van der Waals surface area contributed by atoms with Crippen molar-refractivity contribution in [1.82, 2.24) is 0 Å². The standard InChI is InChI=1S/C14H21NO/c1-10-7-6-8-12(11(10)2)15-13(16)9-14(3,4)5/h6-8H,9H2,1-5H3,(H,15,16). The van der Waals surface area contributed by atoms with Crippen LogP contribution in [0.2, 0.25) is 0 Å². The predicted octanol–water partition coefficient (Wildman–Crippen LogP) is 3.68. The largest absolute Gasteiger partial charge is 0.326 e. The summed E-state index contributed by atoms with van der Waals surface area (Å²) in [5, 5.41) is 2.97. The first-order valence-electron chi connectivity index (χ1n) is 5.66. The summed E-state index contributed by atoms with van der Waals surface area (Å²) in [4.78, 5) is 11.8. The van der Waals surface area contributed by atoms with Crippen LogP contribution in [0.25, 0.3) is 0 Å². The quantitative estimate of drug-likeness (QED) is 0.807. The topological polar surface area (TPSA) is 29.1 Å². The predicted molar refractivity (Wildman–Crippen MR) is 68.6 cm³/mol. The molecule has 0 saturated carbocycles. The second kappa shape index (κ2) is 4.69. The number of rotatable bonds is 2. The summed E-state index contributed by atoms with van der Waals surface area (Å²) in [5.74, 6) is 0.0844. The van der Waals surface area contributed by atoms with Gasteiger partial charge in [-0.1, -0.05) is 32.9 Å². The van der Waals surface area contributed by atoms with E-state index in [0.29, 0.717) is 6.42 Å². The maximum absolute atomic E-state index is 11.8. The summed E-state index contributed by atoms with van der Waals surface area (Å²) >= 11 is 0. The smallest absolute Gasteiger partial charge is 0.224 e. The van der Waals surface area contributed by atoms with Gasteiger partial charge in [0.2, 0.25) is 5.91 Å². The van der Waals surface area contributed by atoms with E-state index in [2.05, 4.69) is 39.1 Å². The lowest BCUT2D eigenvalue weighted by Gasteiger charge is -2.18. The molecule has 0 aliphatic heterocycles. The molecule has 0 aromatic heterocycles. The first-order chi connectivity index (χ1) is 7.29. The molecule has 0 atom stereocenters. The summed E-state index contributed by atoms with van der Waals surface area (Å²) in [6.45, 7) is 10.3. The van der Waals surface area contributed by atoms with E-state index in [4.69, 9.17) is 0 Å². The van der Waals surface area contributed by atoms with Crippen LogP contribution in [0.1, 0.15) is 38.3 Å². The highest BCUT2D eigenvalue weighted by atomic mass is 16.1. The van der Waals surface area contributed by atoms with Crippen LogP contribution in [0.4, 0.5) is 5.69 Å². The van der Waals surface area contributed by atoms with Crippen molar-refractivity contribution in [2.75, 3.05) is 5.32 Å². The van der Waals surface area contributed by atoms with Crippen LogP contribution in [-0.4, -0.2) is 5.91 Å². The number of anilines is 1. The minimum atomic E-state index is 0.0296. The average molecular weight is 219 g/mol. The number of hydrogen-bond donors (Lipinski definition) is 1. The third-order valence-electron chi connectivity index (χ3n) is 2.57. The molecule has 1 rings (SSSR count). The minimum Gasteiger partial charge on any atom is -0.326 e. The van der Waals surface area contributed by atoms with Gasteiger partial charge < -0.3 is 5.32 Å². The van der Waals surface area contributed by atoms with E-state index < -0.39 is 0 Å². The lowest BCUT2D eigenvalue weighted by Crippen LogP contribution is -2.20. The highest BCUT2D eigenvalue weighted by molar-refractivity contribution is 5.92. The molecule has 2 nitrogen and oxygen atoms in total. The Bertz CT molecular complexity index is 388. The minimum absolute atomic E-state index is 0.0296. The monoisotopic (exact) mass is 219 g/mol. The van der Waals surface area contributed by atoms with Crippen molar-refractivity contribution in [3.8, 4) is 0 Å². The molecule has 0 radical (unpaired) electrons. The van der Waals surface area contributed by atoms with Crippen LogP contribution in [0.15, 0.2) is 18.2 Å². The summed E-state index contributed by atoms with van der Waals surface area (Å²) < 4.78 is 0. The maximum atomic E-state index is 11.8. The Morgan fingerprint density at radius 3 is 2.44 bits per heavy atom. The van der Waals surface area contributed by atoms with Crippen molar-refractivity contribution in [3.63, 3.8) is 0 Å². The third kappa shape index (κ3) is 3.69. The average Bonchev–Trinajstić information content (AvgIpc) is 2.09. The van der Waals surface area contributed by atoms with E-state index in [1.807, 2.05) is 19.1 Å². The van der Waals surface area contributed by atoms with Crippen LogP contribution in [0.5, 0.6) is 0 Å². The Kier molecular flexibility index (Phi) is 3.74. The van der Waals surface area contributed by atoms with Crippen molar-refractivity contribution in [3.05, 3.63) is 29.3 Å². The molecule has 0 spiro atoms. The molecule has 0 saturated heterocycles. The lowest BCUT2D eigenvalue weighted by atomic mass is 9.92. The van der Waals surface area contributed by atoms with Gasteiger partial charge in [-0.3, -0.25) is 4.79 Å². The molecule has 0 aliphatic carbocycles. The van der Waals surface area contributed by atoms with Gasteiger partial charge in [-0.2, -0.15) is 0 Å². The van der Waals surface area contributed by atoms with E-state index in [-0.39, 0.29) is 11.3 Å². The first kappa shape index (κ1) is 12.8. The zero-order valence-corrected chi connectivity index (χ0v) is 10.8. The molecule has 0 aliphatic rings. The van der Waals surface area contributed by atoms with Gasteiger partial charge in [0.25, 0.3) is 0 Å². The summed E-state index contributed by atoms with van der Waals surface area (Å²) in [6, 6.07) is 5.96. The van der Waals surface area contributed by atoms with Crippen LogP contribution < -0.4 is 5.32 Å². The molecule has 88 valence electrons. The Morgan fingerprint density at radius 1 is 1.25 bits per heavy atom. The molecule has 0 heterocycles. The highest BCUT2D eigenvalue weighted by Crippen LogP contribution is 2.22. The number of benzene rings is 1. The zero-order valence-electron chi connectivity index (χ0n) is 10.8. The molecule has 1 amide bonds. The fraction of sp³-hybridized carbons (Fsp3) is 0.500. The Labute approximate surface area is 98.1 Å². The number of carbonyl (C=O) groups is 1. The Morgan fingerprint density at radius 2 is 1.88 bits per heavy atom. The lowest BCUT2D eigenvalue weighted by molar-refractivity contribution is -0.117. The molecule has 16 heavy (non-hydrogen) atoms. The SMILES string of the molecule is Cc1cccc(NC(=O)CC(C)(C)C)c1C. The fourth-order valence-electron chi connectivity index (χ4n) is 1.56. The van der Waals surface area contributed by atoms with Gasteiger partial charge in [-0.05, 0) is 36.5 Å². The number of amides is 1. The highest BCUT2D eigenvalue weighted by Gasteiger charge is 2.16.